The van der Waals surface area contributed by atoms with Crippen molar-refractivity contribution in [2.75, 3.05) is 11.4 Å². The highest BCUT2D eigenvalue weighted by Crippen LogP contribution is 2.47. The summed E-state index contributed by atoms with van der Waals surface area (Å²) < 4.78 is 14.6. The van der Waals surface area contributed by atoms with Gasteiger partial charge < -0.3 is 10.2 Å². The van der Waals surface area contributed by atoms with Gasteiger partial charge in [-0.25, -0.2) is 13.9 Å². The Hall–Kier alpha value is -3.20. The van der Waals surface area contributed by atoms with Gasteiger partial charge in [-0.3, -0.25) is 19.5 Å². The van der Waals surface area contributed by atoms with E-state index in [1.165, 1.54) is 28.9 Å². The molecule has 8 nitrogen and oxygen atoms in total. The van der Waals surface area contributed by atoms with Gasteiger partial charge in [0, 0.05) is 30.5 Å². The summed E-state index contributed by atoms with van der Waals surface area (Å²) in [7, 11) is 0. The lowest BCUT2D eigenvalue weighted by atomic mass is 9.71. The van der Waals surface area contributed by atoms with Crippen LogP contribution in [-0.2, 0) is 4.79 Å². The van der Waals surface area contributed by atoms with Gasteiger partial charge >= 0.3 is 0 Å². The van der Waals surface area contributed by atoms with Crippen LogP contribution in [0, 0.1) is 18.2 Å². The number of carbonyl (C=O) groups is 2. The Bertz CT molecular complexity index is 1330. The first-order chi connectivity index (χ1) is 15.8. The van der Waals surface area contributed by atoms with E-state index in [0.717, 1.165) is 0 Å². The fourth-order valence-electron chi connectivity index (χ4n) is 5.06. The lowest BCUT2D eigenvalue weighted by Gasteiger charge is -2.36. The highest BCUT2D eigenvalue weighted by atomic mass is 35.5. The van der Waals surface area contributed by atoms with E-state index in [-0.39, 0.29) is 28.4 Å². The number of H-pyrrole nitrogens is 1. The number of aromatic amines is 1. The number of carbonyl (C=O) groups excluding carboxylic acids is 2. The summed E-state index contributed by atoms with van der Waals surface area (Å²) in [5, 5.41) is 6.03. The molecule has 0 radical (unpaired) electrons. The molecule has 2 aromatic heterocycles. The zero-order valence-corrected chi connectivity index (χ0v) is 18.8. The monoisotopic (exact) mass is 471 g/mol. The number of aryl methyl sites for hydroxylation is 1. The molecular formula is C23H23ClFN5O3. The number of anilines is 1. The molecule has 10 heteroatoms. The van der Waals surface area contributed by atoms with E-state index in [4.69, 9.17) is 11.6 Å². The van der Waals surface area contributed by atoms with Gasteiger partial charge in [-0.1, -0.05) is 11.6 Å². The van der Waals surface area contributed by atoms with Gasteiger partial charge in [-0.15, -0.1) is 0 Å². The van der Waals surface area contributed by atoms with Crippen LogP contribution in [0.5, 0.6) is 0 Å². The third kappa shape index (κ3) is 3.70. The molecule has 1 saturated heterocycles. The van der Waals surface area contributed by atoms with Crippen molar-refractivity contribution >= 4 is 34.7 Å². The fraction of sp³-hybridized carbons (Fsp3) is 0.391. The van der Waals surface area contributed by atoms with Crippen LogP contribution >= 0.6 is 11.6 Å². The molecule has 0 bridgehead atoms. The van der Waals surface area contributed by atoms with Gasteiger partial charge in [-0.05, 0) is 57.2 Å². The van der Waals surface area contributed by atoms with Crippen molar-refractivity contribution in [2.24, 2.45) is 5.41 Å². The predicted molar refractivity (Wildman–Crippen MR) is 121 cm³/mol. The molecule has 1 aliphatic heterocycles. The summed E-state index contributed by atoms with van der Waals surface area (Å²) in [4.78, 5) is 44.2. The minimum atomic E-state index is -0.480. The van der Waals surface area contributed by atoms with Crippen LogP contribution in [0.25, 0.3) is 5.65 Å². The van der Waals surface area contributed by atoms with Crippen LogP contribution in [0.4, 0.5) is 10.1 Å². The molecule has 3 heterocycles. The van der Waals surface area contributed by atoms with Crippen LogP contribution in [-0.4, -0.2) is 39.0 Å². The minimum absolute atomic E-state index is 0.0106. The number of aromatic nitrogens is 3. The third-order valence-electron chi connectivity index (χ3n) is 6.86. The lowest BCUT2D eigenvalue weighted by molar-refractivity contribution is -0.127. The van der Waals surface area contributed by atoms with Gasteiger partial charge in [0.1, 0.15) is 11.4 Å². The van der Waals surface area contributed by atoms with Crippen LogP contribution < -0.4 is 15.8 Å². The zero-order chi connectivity index (χ0) is 23.3. The molecule has 5 rings (SSSR count). The lowest BCUT2D eigenvalue weighted by Crippen LogP contribution is -2.44. The maximum absolute atomic E-state index is 13.4. The molecule has 1 saturated carbocycles. The number of amides is 2. The zero-order valence-electron chi connectivity index (χ0n) is 18.0. The maximum Gasteiger partial charge on any atom is 0.272 e. The number of benzene rings is 1. The SMILES string of the molecule is Cc1cc(=O)n2[nH]cc(C(=O)NC3CCC4(CC3)CCN(c3ccc(F)cc3Cl)C4=O)c2n1. The van der Waals surface area contributed by atoms with Crippen molar-refractivity contribution in [3.8, 4) is 0 Å². The molecule has 2 aliphatic rings. The Balaban J connectivity index is 1.26. The topological polar surface area (TPSA) is 99.6 Å². The Labute approximate surface area is 193 Å². The predicted octanol–water partition coefficient (Wildman–Crippen LogP) is 3.22. The van der Waals surface area contributed by atoms with Crippen LogP contribution in [0.3, 0.4) is 0 Å². The van der Waals surface area contributed by atoms with Crippen molar-refractivity contribution in [1.29, 1.82) is 0 Å². The van der Waals surface area contributed by atoms with Gasteiger partial charge in [0.25, 0.3) is 11.5 Å². The second kappa shape index (κ2) is 7.98. The van der Waals surface area contributed by atoms with E-state index < -0.39 is 11.2 Å². The van der Waals surface area contributed by atoms with Gasteiger partial charge in [0.15, 0.2) is 5.65 Å². The molecule has 3 aromatic rings. The van der Waals surface area contributed by atoms with Crippen LogP contribution in [0.15, 0.2) is 35.3 Å². The van der Waals surface area contributed by atoms with Gasteiger partial charge in [0.2, 0.25) is 5.91 Å². The van der Waals surface area contributed by atoms with Crippen molar-refractivity contribution in [3.63, 3.8) is 0 Å². The smallest absolute Gasteiger partial charge is 0.272 e. The fourth-order valence-corrected chi connectivity index (χ4v) is 5.32. The first-order valence-corrected chi connectivity index (χ1v) is 11.3. The van der Waals surface area contributed by atoms with Gasteiger partial charge in [0.05, 0.1) is 16.1 Å². The number of halogens is 2. The first kappa shape index (κ1) is 21.6. The Morgan fingerprint density at radius 1 is 1.24 bits per heavy atom. The normalized spacial score (nSPS) is 22.9. The molecule has 2 fully saturated rings. The molecule has 0 atom stereocenters. The van der Waals surface area contributed by atoms with Crippen LogP contribution in [0.2, 0.25) is 5.02 Å². The molecule has 0 unspecified atom stereocenters. The summed E-state index contributed by atoms with van der Waals surface area (Å²) >= 11 is 6.18. The number of hydrogen-bond donors (Lipinski definition) is 2. The molecule has 1 aliphatic carbocycles. The Morgan fingerprint density at radius 2 is 2.00 bits per heavy atom. The molecule has 1 spiro atoms. The average Bonchev–Trinajstić information content (AvgIpc) is 3.32. The van der Waals surface area contributed by atoms with E-state index in [1.807, 2.05) is 0 Å². The molecule has 33 heavy (non-hydrogen) atoms. The molecule has 1 aromatic carbocycles. The highest BCUT2D eigenvalue weighted by molar-refractivity contribution is 6.34. The standard InChI is InChI=1S/C23H23ClFN5O3/c1-13-10-19(31)30-20(27-13)16(12-26-30)21(32)28-15-4-6-23(7-5-15)8-9-29(22(23)33)18-3-2-14(25)11-17(18)24/h2-3,10-12,15,26H,4-9H2,1H3,(H,28,32). The third-order valence-corrected chi connectivity index (χ3v) is 7.16. The first-order valence-electron chi connectivity index (χ1n) is 10.9. The van der Waals surface area contributed by atoms with Crippen molar-refractivity contribution in [2.45, 2.75) is 45.1 Å². The number of rotatable bonds is 3. The number of hydrogen-bond acceptors (Lipinski definition) is 4. The average molecular weight is 472 g/mol. The van der Waals surface area contributed by atoms with E-state index in [1.54, 1.807) is 17.9 Å². The number of fused-ring (bicyclic) bond motifs is 1. The molecule has 2 N–H and O–H groups in total. The second-order valence-corrected chi connectivity index (χ2v) is 9.32. The summed E-state index contributed by atoms with van der Waals surface area (Å²) in [6.07, 6.45) is 4.81. The molecular weight excluding hydrogens is 449 g/mol. The molecule has 2 amide bonds. The molecule has 172 valence electrons. The van der Waals surface area contributed by atoms with E-state index in [0.29, 0.717) is 61.2 Å². The van der Waals surface area contributed by atoms with Crippen LogP contribution in [0.1, 0.15) is 48.2 Å². The van der Waals surface area contributed by atoms with Crippen molar-refractivity contribution in [1.82, 2.24) is 19.9 Å². The summed E-state index contributed by atoms with van der Waals surface area (Å²) in [5.41, 5.74) is 0.923. The Morgan fingerprint density at radius 3 is 2.73 bits per heavy atom. The van der Waals surface area contributed by atoms with Crippen molar-refractivity contribution in [3.05, 3.63) is 62.9 Å². The second-order valence-electron chi connectivity index (χ2n) is 8.91. The summed E-state index contributed by atoms with van der Waals surface area (Å²) in [6, 6.07) is 5.39. The van der Waals surface area contributed by atoms with Gasteiger partial charge in [-0.2, -0.15) is 0 Å². The number of nitrogens with one attached hydrogen (secondary N) is 2. The Kier molecular flexibility index (Phi) is 5.23. The summed E-state index contributed by atoms with van der Waals surface area (Å²) in [5.74, 6) is -0.729. The quantitative estimate of drug-likeness (QED) is 0.612. The van der Waals surface area contributed by atoms with E-state index >= 15 is 0 Å². The largest absolute Gasteiger partial charge is 0.349 e. The van der Waals surface area contributed by atoms with E-state index in [9.17, 15) is 18.8 Å². The number of nitrogens with zero attached hydrogens (tertiary/aromatic N) is 3. The van der Waals surface area contributed by atoms with Crippen molar-refractivity contribution < 1.29 is 14.0 Å². The minimum Gasteiger partial charge on any atom is -0.349 e. The highest BCUT2D eigenvalue weighted by Gasteiger charge is 2.49. The summed E-state index contributed by atoms with van der Waals surface area (Å²) in [6.45, 7) is 2.24. The maximum atomic E-state index is 13.4. The van der Waals surface area contributed by atoms with E-state index in [2.05, 4.69) is 15.4 Å².